The van der Waals surface area contributed by atoms with Crippen LogP contribution >= 0.6 is 0 Å². The summed E-state index contributed by atoms with van der Waals surface area (Å²) >= 11 is 0. The van der Waals surface area contributed by atoms with Gasteiger partial charge >= 0.3 is 0 Å². The number of anilines is 1. The number of benzene rings is 2. The Bertz CT molecular complexity index is 582. The van der Waals surface area contributed by atoms with Crippen LogP contribution in [0.2, 0.25) is 0 Å². The van der Waals surface area contributed by atoms with Crippen LogP contribution in [0.15, 0.2) is 30.3 Å². The minimum Gasteiger partial charge on any atom is -0.381 e. The van der Waals surface area contributed by atoms with Crippen molar-refractivity contribution in [2.75, 3.05) is 5.32 Å². The van der Waals surface area contributed by atoms with Crippen molar-refractivity contribution in [3.63, 3.8) is 0 Å². The number of hydrogen-bond donors (Lipinski definition) is 1. The molecule has 19 heavy (non-hydrogen) atoms. The van der Waals surface area contributed by atoms with Gasteiger partial charge in [0.25, 0.3) is 0 Å². The molecule has 0 bridgehead atoms. The summed E-state index contributed by atoms with van der Waals surface area (Å²) in [6, 6.07) is 9.42. The lowest BCUT2D eigenvalue weighted by Gasteiger charge is -2.12. The standard InChI is InChI=1S/C17H20FN/c1-11-5-16(18)9-17(6-11)19-10-15-8-13(3)12(2)7-14(15)4/h5-9,19H,10H2,1-4H3. The normalized spacial score (nSPS) is 10.6. The molecule has 0 atom stereocenters. The van der Waals surface area contributed by atoms with Crippen molar-refractivity contribution in [1.29, 1.82) is 0 Å². The lowest BCUT2D eigenvalue weighted by Crippen LogP contribution is -2.03. The summed E-state index contributed by atoms with van der Waals surface area (Å²) in [5.41, 5.74) is 6.88. The van der Waals surface area contributed by atoms with Gasteiger partial charge in [0.2, 0.25) is 0 Å². The molecule has 0 saturated carbocycles. The summed E-state index contributed by atoms with van der Waals surface area (Å²) in [5.74, 6) is -0.195. The predicted octanol–water partition coefficient (Wildman–Crippen LogP) is 4.67. The van der Waals surface area contributed by atoms with Crippen LogP contribution < -0.4 is 5.32 Å². The lowest BCUT2D eigenvalue weighted by atomic mass is 10.0. The first-order chi connectivity index (χ1) is 8.95. The smallest absolute Gasteiger partial charge is 0.125 e. The zero-order valence-electron chi connectivity index (χ0n) is 12.0. The van der Waals surface area contributed by atoms with E-state index >= 15 is 0 Å². The predicted molar refractivity (Wildman–Crippen MR) is 79.1 cm³/mol. The summed E-state index contributed by atoms with van der Waals surface area (Å²) in [7, 11) is 0. The molecule has 0 heterocycles. The van der Waals surface area contributed by atoms with Gasteiger partial charge in [0.1, 0.15) is 5.82 Å². The van der Waals surface area contributed by atoms with Gasteiger partial charge in [-0.05, 0) is 73.7 Å². The van der Waals surface area contributed by atoms with Crippen molar-refractivity contribution < 1.29 is 4.39 Å². The van der Waals surface area contributed by atoms with Crippen molar-refractivity contribution >= 4 is 5.69 Å². The first-order valence-corrected chi connectivity index (χ1v) is 6.53. The molecular formula is C17H20FN. The minimum atomic E-state index is -0.195. The Hall–Kier alpha value is -1.83. The summed E-state index contributed by atoms with van der Waals surface area (Å²) in [6.07, 6.45) is 0. The van der Waals surface area contributed by atoms with E-state index in [4.69, 9.17) is 0 Å². The van der Waals surface area contributed by atoms with Crippen LogP contribution in [0.25, 0.3) is 0 Å². The monoisotopic (exact) mass is 257 g/mol. The Balaban J connectivity index is 2.16. The molecule has 0 amide bonds. The molecule has 1 nitrogen and oxygen atoms in total. The maximum absolute atomic E-state index is 13.3. The van der Waals surface area contributed by atoms with E-state index in [1.807, 2.05) is 13.0 Å². The highest BCUT2D eigenvalue weighted by molar-refractivity contribution is 5.47. The van der Waals surface area contributed by atoms with Gasteiger partial charge in [-0.3, -0.25) is 0 Å². The number of nitrogens with one attached hydrogen (secondary N) is 1. The van der Waals surface area contributed by atoms with Gasteiger partial charge < -0.3 is 5.32 Å². The Kier molecular flexibility index (Phi) is 3.89. The largest absolute Gasteiger partial charge is 0.381 e. The van der Waals surface area contributed by atoms with Gasteiger partial charge in [0.15, 0.2) is 0 Å². The fourth-order valence-electron chi connectivity index (χ4n) is 2.25. The van der Waals surface area contributed by atoms with Gasteiger partial charge in [-0.15, -0.1) is 0 Å². The summed E-state index contributed by atoms with van der Waals surface area (Å²) in [6.45, 7) is 8.96. The zero-order chi connectivity index (χ0) is 14.0. The fraction of sp³-hybridized carbons (Fsp3) is 0.294. The molecule has 0 radical (unpaired) electrons. The van der Waals surface area contributed by atoms with E-state index in [2.05, 4.69) is 38.2 Å². The summed E-state index contributed by atoms with van der Waals surface area (Å²) < 4.78 is 13.3. The average molecular weight is 257 g/mol. The van der Waals surface area contributed by atoms with Crippen molar-refractivity contribution in [1.82, 2.24) is 0 Å². The molecule has 0 aliphatic carbocycles. The molecule has 0 aliphatic heterocycles. The maximum atomic E-state index is 13.3. The number of halogens is 1. The van der Waals surface area contributed by atoms with Crippen molar-refractivity contribution in [2.24, 2.45) is 0 Å². The molecule has 0 aromatic heterocycles. The van der Waals surface area contributed by atoms with E-state index < -0.39 is 0 Å². The first kappa shape index (κ1) is 13.6. The van der Waals surface area contributed by atoms with Crippen molar-refractivity contribution in [2.45, 2.75) is 34.2 Å². The van der Waals surface area contributed by atoms with Crippen LogP contribution in [0.1, 0.15) is 27.8 Å². The molecule has 2 heteroatoms. The molecule has 0 unspecified atom stereocenters. The highest BCUT2D eigenvalue weighted by Crippen LogP contribution is 2.18. The van der Waals surface area contributed by atoms with E-state index in [1.165, 1.54) is 34.4 Å². The van der Waals surface area contributed by atoms with Gasteiger partial charge in [-0.1, -0.05) is 12.1 Å². The van der Waals surface area contributed by atoms with Crippen molar-refractivity contribution in [3.8, 4) is 0 Å². The van der Waals surface area contributed by atoms with Crippen molar-refractivity contribution in [3.05, 3.63) is 64.0 Å². The maximum Gasteiger partial charge on any atom is 0.125 e. The van der Waals surface area contributed by atoms with Gasteiger partial charge in [-0.2, -0.15) is 0 Å². The Morgan fingerprint density at radius 2 is 1.53 bits per heavy atom. The molecule has 2 aromatic rings. The molecule has 2 aromatic carbocycles. The van der Waals surface area contributed by atoms with Crippen LogP contribution in [0.4, 0.5) is 10.1 Å². The summed E-state index contributed by atoms with van der Waals surface area (Å²) in [5, 5.41) is 3.29. The molecule has 0 fully saturated rings. The number of hydrogen-bond acceptors (Lipinski definition) is 1. The van der Waals surface area contributed by atoms with Crippen LogP contribution in [-0.4, -0.2) is 0 Å². The fourth-order valence-corrected chi connectivity index (χ4v) is 2.25. The average Bonchev–Trinajstić information content (AvgIpc) is 2.31. The molecule has 0 aliphatic rings. The second kappa shape index (κ2) is 5.43. The van der Waals surface area contributed by atoms with E-state index in [0.29, 0.717) is 0 Å². The number of aryl methyl sites for hydroxylation is 4. The topological polar surface area (TPSA) is 12.0 Å². The Morgan fingerprint density at radius 1 is 0.842 bits per heavy atom. The third kappa shape index (κ3) is 3.34. The molecular weight excluding hydrogens is 237 g/mol. The zero-order valence-corrected chi connectivity index (χ0v) is 12.0. The minimum absolute atomic E-state index is 0.195. The van der Waals surface area contributed by atoms with Crippen LogP contribution in [-0.2, 0) is 6.54 Å². The van der Waals surface area contributed by atoms with E-state index in [-0.39, 0.29) is 5.82 Å². The van der Waals surface area contributed by atoms with Crippen LogP contribution in [0, 0.1) is 33.5 Å². The molecule has 0 saturated heterocycles. The second-order valence-electron chi connectivity index (χ2n) is 5.23. The molecule has 0 spiro atoms. The van der Waals surface area contributed by atoms with Crippen LogP contribution in [0.3, 0.4) is 0 Å². The van der Waals surface area contributed by atoms with E-state index in [1.54, 1.807) is 0 Å². The quantitative estimate of drug-likeness (QED) is 0.842. The SMILES string of the molecule is Cc1cc(F)cc(NCc2cc(C)c(C)cc2C)c1. The highest BCUT2D eigenvalue weighted by atomic mass is 19.1. The third-order valence-electron chi connectivity index (χ3n) is 3.48. The highest BCUT2D eigenvalue weighted by Gasteiger charge is 2.03. The lowest BCUT2D eigenvalue weighted by molar-refractivity contribution is 0.627. The third-order valence-corrected chi connectivity index (χ3v) is 3.48. The van der Waals surface area contributed by atoms with Crippen LogP contribution in [0.5, 0.6) is 0 Å². The Morgan fingerprint density at radius 3 is 2.21 bits per heavy atom. The van der Waals surface area contributed by atoms with Gasteiger partial charge in [0, 0.05) is 12.2 Å². The summed E-state index contributed by atoms with van der Waals surface area (Å²) in [4.78, 5) is 0. The second-order valence-corrected chi connectivity index (χ2v) is 5.23. The molecule has 1 N–H and O–H groups in total. The number of rotatable bonds is 3. The Labute approximate surface area is 114 Å². The van der Waals surface area contributed by atoms with E-state index in [0.717, 1.165) is 17.8 Å². The van der Waals surface area contributed by atoms with Gasteiger partial charge in [-0.25, -0.2) is 4.39 Å². The first-order valence-electron chi connectivity index (χ1n) is 6.53. The molecule has 2 rings (SSSR count). The van der Waals surface area contributed by atoms with Gasteiger partial charge in [0.05, 0.1) is 0 Å². The molecule has 100 valence electrons. The van der Waals surface area contributed by atoms with E-state index in [9.17, 15) is 4.39 Å².